The van der Waals surface area contributed by atoms with Gasteiger partial charge in [0.1, 0.15) is 5.82 Å². The molecular formula is C15H17N3O. The summed E-state index contributed by atoms with van der Waals surface area (Å²) in [5.41, 5.74) is 3.22. The second-order valence-electron chi connectivity index (χ2n) is 5.20. The molecule has 0 spiro atoms. The quantitative estimate of drug-likeness (QED) is 0.903. The summed E-state index contributed by atoms with van der Waals surface area (Å²) in [5, 5.41) is 3.24. The van der Waals surface area contributed by atoms with Gasteiger partial charge in [0.2, 0.25) is 0 Å². The van der Waals surface area contributed by atoms with Crippen LogP contribution in [0.3, 0.4) is 0 Å². The summed E-state index contributed by atoms with van der Waals surface area (Å²) in [4.78, 5) is 18.0. The molecule has 4 nitrogen and oxygen atoms in total. The van der Waals surface area contributed by atoms with Gasteiger partial charge >= 0.3 is 0 Å². The molecule has 1 aromatic heterocycles. The fraction of sp³-hybridized carbons (Fsp3) is 0.333. The molecule has 1 aliphatic heterocycles. The van der Waals surface area contributed by atoms with Gasteiger partial charge in [-0.05, 0) is 50.5 Å². The predicted octanol–water partition coefficient (Wildman–Crippen LogP) is 2.85. The maximum atomic E-state index is 11.9. The molecule has 4 heteroatoms. The topological polar surface area (TPSA) is 45.2 Å². The zero-order valence-corrected chi connectivity index (χ0v) is 11.2. The fourth-order valence-electron chi connectivity index (χ4n) is 2.18. The average molecular weight is 255 g/mol. The normalized spacial score (nSPS) is 17.6. The molecule has 3 rings (SSSR count). The van der Waals surface area contributed by atoms with E-state index in [2.05, 4.69) is 24.1 Å². The number of carbonyl (C=O) groups excluding carboxylic acids is 1. The molecule has 1 saturated carbocycles. The van der Waals surface area contributed by atoms with E-state index in [1.807, 2.05) is 18.2 Å². The summed E-state index contributed by atoms with van der Waals surface area (Å²) >= 11 is 0. The van der Waals surface area contributed by atoms with Crippen LogP contribution in [-0.2, 0) is 4.79 Å². The first-order chi connectivity index (χ1) is 9.15. The molecule has 2 aliphatic rings. The van der Waals surface area contributed by atoms with Crippen molar-refractivity contribution in [1.29, 1.82) is 0 Å². The van der Waals surface area contributed by atoms with Gasteiger partial charge in [0, 0.05) is 17.8 Å². The smallest absolute Gasteiger partial charge is 0.255 e. The summed E-state index contributed by atoms with van der Waals surface area (Å²) in [6.07, 6.45) is 7.48. The van der Waals surface area contributed by atoms with Crippen LogP contribution in [0.25, 0.3) is 0 Å². The second kappa shape index (κ2) is 4.53. The minimum atomic E-state index is 0.0146. The number of rotatable bonds is 3. The Morgan fingerprint density at radius 3 is 2.63 bits per heavy atom. The van der Waals surface area contributed by atoms with Crippen LogP contribution < -0.4 is 10.2 Å². The highest BCUT2D eigenvalue weighted by molar-refractivity contribution is 6.08. The number of nitrogens with zero attached hydrogens (tertiary/aromatic N) is 2. The SMILES string of the molecule is CC(C)Nc1ccc(N2C(=O)C=CC2=C2CC2)cn1. The number of allylic oxidation sites excluding steroid dienone is 2. The highest BCUT2D eigenvalue weighted by Crippen LogP contribution is 2.37. The molecular weight excluding hydrogens is 238 g/mol. The van der Waals surface area contributed by atoms with Gasteiger partial charge in [-0.1, -0.05) is 0 Å². The fourth-order valence-corrected chi connectivity index (χ4v) is 2.18. The summed E-state index contributed by atoms with van der Waals surface area (Å²) in [6, 6.07) is 4.19. The largest absolute Gasteiger partial charge is 0.368 e. The van der Waals surface area contributed by atoms with Crippen LogP contribution in [0.4, 0.5) is 11.5 Å². The second-order valence-corrected chi connectivity index (χ2v) is 5.20. The lowest BCUT2D eigenvalue weighted by Crippen LogP contribution is -2.23. The van der Waals surface area contributed by atoms with Crippen LogP contribution in [-0.4, -0.2) is 16.9 Å². The third kappa shape index (κ3) is 2.38. The van der Waals surface area contributed by atoms with E-state index in [1.165, 1.54) is 5.57 Å². The predicted molar refractivity (Wildman–Crippen MR) is 75.9 cm³/mol. The van der Waals surface area contributed by atoms with Crippen LogP contribution in [0.15, 0.2) is 41.8 Å². The first kappa shape index (κ1) is 12.0. The lowest BCUT2D eigenvalue weighted by atomic mass is 10.3. The van der Waals surface area contributed by atoms with Gasteiger partial charge in [-0.25, -0.2) is 4.98 Å². The zero-order valence-electron chi connectivity index (χ0n) is 11.2. The molecule has 1 N–H and O–H groups in total. The number of hydrogen-bond acceptors (Lipinski definition) is 3. The van der Waals surface area contributed by atoms with E-state index >= 15 is 0 Å². The van der Waals surface area contributed by atoms with E-state index in [9.17, 15) is 4.79 Å². The molecule has 0 radical (unpaired) electrons. The standard InChI is InChI=1S/C15H17N3O/c1-10(2)17-14-7-5-12(9-16-14)18-13(11-3-4-11)6-8-15(18)19/h5-10H,3-4H2,1-2H3,(H,16,17). The van der Waals surface area contributed by atoms with Gasteiger partial charge in [-0.2, -0.15) is 0 Å². The van der Waals surface area contributed by atoms with Gasteiger partial charge in [0.05, 0.1) is 11.9 Å². The monoisotopic (exact) mass is 255 g/mol. The van der Waals surface area contributed by atoms with Crippen molar-refractivity contribution in [3.8, 4) is 0 Å². The maximum absolute atomic E-state index is 11.9. The van der Waals surface area contributed by atoms with Crippen molar-refractivity contribution in [1.82, 2.24) is 4.98 Å². The minimum absolute atomic E-state index is 0.0146. The third-order valence-electron chi connectivity index (χ3n) is 3.15. The highest BCUT2D eigenvalue weighted by atomic mass is 16.2. The Hall–Kier alpha value is -2.10. The van der Waals surface area contributed by atoms with Gasteiger partial charge in [0.15, 0.2) is 0 Å². The van der Waals surface area contributed by atoms with E-state index < -0.39 is 0 Å². The molecule has 0 unspecified atom stereocenters. The molecule has 1 amide bonds. The lowest BCUT2D eigenvalue weighted by molar-refractivity contribution is -0.113. The van der Waals surface area contributed by atoms with Crippen molar-refractivity contribution in [2.24, 2.45) is 0 Å². The molecule has 98 valence electrons. The van der Waals surface area contributed by atoms with Gasteiger partial charge in [-0.15, -0.1) is 0 Å². The van der Waals surface area contributed by atoms with E-state index in [0.717, 1.165) is 30.0 Å². The van der Waals surface area contributed by atoms with Crippen molar-refractivity contribution in [2.75, 3.05) is 10.2 Å². The number of nitrogens with one attached hydrogen (secondary N) is 1. The molecule has 0 atom stereocenters. The van der Waals surface area contributed by atoms with Crippen LogP contribution in [0.1, 0.15) is 26.7 Å². The Balaban J connectivity index is 1.86. The highest BCUT2D eigenvalue weighted by Gasteiger charge is 2.28. The van der Waals surface area contributed by atoms with E-state index in [4.69, 9.17) is 0 Å². The van der Waals surface area contributed by atoms with Crippen molar-refractivity contribution in [3.05, 3.63) is 41.8 Å². The van der Waals surface area contributed by atoms with E-state index in [0.29, 0.717) is 6.04 Å². The Kier molecular flexibility index (Phi) is 2.85. The van der Waals surface area contributed by atoms with Crippen molar-refractivity contribution < 1.29 is 4.79 Å². The third-order valence-corrected chi connectivity index (χ3v) is 3.15. The minimum Gasteiger partial charge on any atom is -0.368 e. The Morgan fingerprint density at radius 2 is 2.05 bits per heavy atom. The molecule has 0 bridgehead atoms. The molecule has 19 heavy (non-hydrogen) atoms. The molecule has 0 saturated heterocycles. The molecule has 1 aliphatic carbocycles. The summed E-state index contributed by atoms with van der Waals surface area (Å²) in [6.45, 7) is 4.14. The van der Waals surface area contributed by atoms with Crippen LogP contribution >= 0.6 is 0 Å². The first-order valence-corrected chi connectivity index (χ1v) is 6.62. The van der Waals surface area contributed by atoms with Gasteiger partial charge in [-0.3, -0.25) is 9.69 Å². The van der Waals surface area contributed by atoms with Crippen molar-refractivity contribution in [3.63, 3.8) is 0 Å². The summed E-state index contributed by atoms with van der Waals surface area (Å²) in [7, 11) is 0. The first-order valence-electron chi connectivity index (χ1n) is 6.62. The van der Waals surface area contributed by atoms with Crippen LogP contribution in [0.5, 0.6) is 0 Å². The molecule has 0 aromatic carbocycles. The Morgan fingerprint density at radius 1 is 1.26 bits per heavy atom. The number of anilines is 2. The van der Waals surface area contributed by atoms with Gasteiger partial charge < -0.3 is 5.32 Å². The Bertz CT molecular complexity index is 564. The van der Waals surface area contributed by atoms with Crippen molar-refractivity contribution in [2.45, 2.75) is 32.7 Å². The number of aromatic nitrogens is 1. The lowest BCUT2D eigenvalue weighted by Gasteiger charge is -2.18. The number of carbonyl (C=O) groups is 1. The number of amides is 1. The molecule has 1 fully saturated rings. The van der Waals surface area contributed by atoms with Crippen molar-refractivity contribution >= 4 is 17.4 Å². The summed E-state index contributed by atoms with van der Waals surface area (Å²) in [5.74, 6) is 0.847. The number of pyridine rings is 1. The van der Waals surface area contributed by atoms with Crippen LogP contribution in [0.2, 0.25) is 0 Å². The summed E-state index contributed by atoms with van der Waals surface area (Å²) < 4.78 is 0. The average Bonchev–Trinajstić information content (AvgIpc) is 3.14. The molecule has 2 heterocycles. The van der Waals surface area contributed by atoms with E-state index in [-0.39, 0.29) is 5.91 Å². The van der Waals surface area contributed by atoms with E-state index in [1.54, 1.807) is 17.2 Å². The molecule has 1 aromatic rings. The number of hydrogen-bond donors (Lipinski definition) is 1. The zero-order chi connectivity index (χ0) is 13.4. The van der Waals surface area contributed by atoms with Gasteiger partial charge in [0.25, 0.3) is 5.91 Å². The van der Waals surface area contributed by atoms with Crippen LogP contribution in [0, 0.1) is 0 Å². The Labute approximate surface area is 112 Å². The maximum Gasteiger partial charge on any atom is 0.255 e.